The van der Waals surface area contributed by atoms with Crippen LogP contribution in [0.4, 0.5) is 0 Å². The van der Waals surface area contributed by atoms with Gasteiger partial charge < -0.3 is 4.74 Å². The smallest absolute Gasteiger partial charge is 0.119 e. The fraction of sp³-hybridized carbons (Fsp3) is 0.240. The Morgan fingerprint density at radius 1 is 0.800 bits per heavy atom. The molecule has 154 valence electrons. The normalized spacial score (nSPS) is 14.9. The Labute approximate surface area is 183 Å². The zero-order valence-electron chi connectivity index (χ0n) is 17.0. The lowest BCUT2D eigenvalue weighted by atomic mass is 10.2. The van der Waals surface area contributed by atoms with Gasteiger partial charge in [-0.3, -0.25) is 9.91 Å². The third-order valence-electron chi connectivity index (χ3n) is 5.17. The average molecular weight is 420 g/mol. The van der Waals surface area contributed by atoms with Gasteiger partial charge >= 0.3 is 0 Å². The van der Waals surface area contributed by atoms with Crippen molar-refractivity contribution in [3.63, 3.8) is 0 Å². The van der Waals surface area contributed by atoms with Gasteiger partial charge in [0.25, 0.3) is 0 Å². The van der Waals surface area contributed by atoms with Gasteiger partial charge in [-0.25, -0.2) is 0 Å². The summed E-state index contributed by atoms with van der Waals surface area (Å²) >= 11 is 5.97. The molecule has 30 heavy (non-hydrogen) atoms. The maximum Gasteiger partial charge on any atom is 0.119 e. The second-order valence-electron chi connectivity index (χ2n) is 7.44. The monoisotopic (exact) mass is 419 g/mol. The average Bonchev–Trinajstić information content (AvgIpc) is 2.80. The van der Waals surface area contributed by atoms with Crippen LogP contribution in [-0.2, 0) is 13.2 Å². The van der Waals surface area contributed by atoms with Crippen LogP contribution in [0.2, 0.25) is 5.02 Å². The fourth-order valence-corrected chi connectivity index (χ4v) is 3.52. The van der Waals surface area contributed by atoms with Gasteiger partial charge in [0.05, 0.1) is 6.21 Å². The molecule has 0 radical (unpaired) electrons. The number of benzene rings is 3. The van der Waals surface area contributed by atoms with E-state index < -0.39 is 0 Å². The highest BCUT2D eigenvalue weighted by Gasteiger charge is 2.15. The van der Waals surface area contributed by atoms with Crippen LogP contribution in [0, 0.1) is 0 Å². The minimum absolute atomic E-state index is 0.578. The summed E-state index contributed by atoms with van der Waals surface area (Å²) < 4.78 is 5.84. The molecule has 5 heteroatoms. The van der Waals surface area contributed by atoms with Crippen LogP contribution < -0.4 is 4.74 Å². The Balaban J connectivity index is 1.22. The highest BCUT2D eigenvalue weighted by Crippen LogP contribution is 2.15. The number of hydrogen-bond donors (Lipinski definition) is 0. The van der Waals surface area contributed by atoms with E-state index in [-0.39, 0.29) is 0 Å². The van der Waals surface area contributed by atoms with Gasteiger partial charge in [0.1, 0.15) is 12.4 Å². The Hall–Kier alpha value is -2.82. The summed E-state index contributed by atoms with van der Waals surface area (Å²) in [5, 5.41) is 7.58. The van der Waals surface area contributed by atoms with E-state index in [1.807, 2.05) is 60.8 Å². The molecule has 1 heterocycles. The van der Waals surface area contributed by atoms with E-state index in [0.29, 0.717) is 6.61 Å². The van der Waals surface area contributed by atoms with Gasteiger partial charge in [0.2, 0.25) is 0 Å². The first-order chi connectivity index (χ1) is 14.7. The highest BCUT2D eigenvalue weighted by atomic mass is 35.5. The van der Waals surface area contributed by atoms with Crippen molar-refractivity contribution in [1.29, 1.82) is 0 Å². The van der Waals surface area contributed by atoms with Crippen molar-refractivity contribution < 1.29 is 4.74 Å². The first-order valence-corrected chi connectivity index (χ1v) is 10.6. The van der Waals surface area contributed by atoms with Gasteiger partial charge in [-0.05, 0) is 53.1 Å². The van der Waals surface area contributed by atoms with Crippen molar-refractivity contribution >= 4 is 17.8 Å². The molecule has 3 aromatic rings. The van der Waals surface area contributed by atoms with Gasteiger partial charge in [-0.15, -0.1) is 0 Å². The standard InChI is InChI=1S/C25H26ClN3O/c26-24-10-6-22(7-11-24)19-28-14-16-29(17-15-28)27-18-21-8-12-25(13-9-21)30-20-23-4-2-1-3-5-23/h1-13,18H,14-17,19-20H2/b27-18-. The maximum atomic E-state index is 5.97. The van der Waals surface area contributed by atoms with Gasteiger partial charge in [-0.1, -0.05) is 54.1 Å². The van der Waals surface area contributed by atoms with Gasteiger partial charge in [0, 0.05) is 37.7 Å². The van der Waals surface area contributed by atoms with Crippen molar-refractivity contribution in [3.8, 4) is 5.75 Å². The topological polar surface area (TPSA) is 28.1 Å². The van der Waals surface area contributed by atoms with Gasteiger partial charge in [-0.2, -0.15) is 5.10 Å². The number of piperazine rings is 1. The Bertz CT molecular complexity index is 934. The highest BCUT2D eigenvalue weighted by molar-refractivity contribution is 6.30. The van der Waals surface area contributed by atoms with Crippen molar-refractivity contribution in [1.82, 2.24) is 9.91 Å². The molecule has 0 spiro atoms. The molecule has 1 saturated heterocycles. The molecular weight excluding hydrogens is 394 g/mol. The Kier molecular flexibility index (Phi) is 7.01. The minimum Gasteiger partial charge on any atom is -0.489 e. The predicted molar refractivity (Wildman–Crippen MR) is 123 cm³/mol. The maximum absolute atomic E-state index is 5.97. The summed E-state index contributed by atoms with van der Waals surface area (Å²) in [7, 11) is 0. The summed E-state index contributed by atoms with van der Waals surface area (Å²) in [6.07, 6.45) is 1.93. The van der Waals surface area contributed by atoms with Crippen LogP contribution in [0.3, 0.4) is 0 Å². The lowest BCUT2D eigenvalue weighted by Gasteiger charge is -2.33. The van der Waals surface area contributed by atoms with Crippen LogP contribution >= 0.6 is 11.6 Å². The molecule has 4 rings (SSSR count). The lowest BCUT2D eigenvalue weighted by Crippen LogP contribution is -2.43. The van der Waals surface area contributed by atoms with Crippen LogP contribution in [0.25, 0.3) is 0 Å². The van der Waals surface area contributed by atoms with E-state index in [1.165, 1.54) is 11.1 Å². The molecule has 1 fully saturated rings. The predicted octanol–water partition coefficient (Wildman–Crippen LogP) is 5.07. The second kappa shape index (κ2) is 10.3. The molecule has 0 amide bonds. The van der Waals surface area contributed by atoms with Crippen LogP contribution in [0.5, 0.6) is 5.75 Å². The molecule has 1 aliphatic heterocycles. The molecule has 0 saturated carbocycles. The van der Waals surface area contributed by atoms with Crippen molar-refractivity contribution in [2.75, 3.05) is 26.2 Å². The van der Waals surface area contributed by atoms with E-state index in [2.05, 4.69) is 39.3 Å². The van der Waals surface area contributed by atoms with Crippen LogP contribution in [0.15, 0.2) is 84.0 Å². The summed E-state index contributed by atoms with van der Waals surface area (Å²) in [6, 6.07) is 26.4. The molecule has 1 aliphatic rings. The van der Waals surface area contributed by atoms with Crippen molar-refractivity contribution in [2.24, 2.45) is 5.10 Å². The first-order valence-electron chi connectivity index (χ1n) is 10.3. The molecule has 4 nitrogen and oxygen atoms in total. The van der Waals surface area contributed by atoms with E-state index in [0.717, 1.165) is 49.1 Å². The molecule has 0 aromatic heterocycles. The third-order valence-corrected chi connectivity index (χ3v) is 5.42. The fourth-order valence-electron chi connectivity index (χ4n) is 3.40. The van der Waals surface area contributed by atoms with E-state index in [4.69, 9.17) is 16.3 Å². The van der Waals surface area contributed by atoms with Crippen LogP contribution in [-0.4, -0.2) is 42.3 Å². The SMILES string of the molecule is Clc1ccc(CN2CCN(/N=C\c3ccc(OCc4ccccc4)cc3)CC2)cc1. The molecule has 0 bridgehead atoms. The number of ether oxygens (including phenoxy) is 1. The molecule has 3 aromatic carbocycles. The number of hydrazone groups is 1. The summed E-state index contributed by atoms with van der Waals surface area (Å²) in [5.41, 5.74) is 3.54. The molecule has 0 atom stereocenters. The van der Waals surface area contributed by atoms with E-state index >= 15 is 0 Å². The summed E-state index contributed by atoms with van der Waals surface area (Å²) in [6.45, 7) is 5.41. The Morgan fingerprint density at radius 2 is 1.50 bits per heavy atom. The lowest BCUT2D eigenvalue weighted by molar-refractivity contribution is 0.131. The number of hydrogen-bond acceptors (Lipinski definition) is 4. The molecule has 0 unspecified atom stereocenters. The molecule has 0 aliphatic carbocycles. The van der Waals surface area contributed by atoms with E-state index in [9.17, 15) is 0 Å². The van der Waals surface area contributed by atoms with Crippen LogP contribution in [0.1, 0.15) is 16.7 Å². The second-order valence-corrected chi connectivity index (χ2v) is 7.88. The van der Waals surface area contributed by atoms with E-state index in [1.54, 1.807) is 0 Å². The number of halogens is 1. The zero-order valence-corrected chi connectivity index (χ0v) is 17.7. The van der Waals surface area contributed by atoms with Crippen molar-refractivity contribution in [3.05, 3.63) is 101 Å². The number of nitrogens with zero attached hydrogens (tertiary/aromatic N) is 3. The molecule has 0 N–H and O–H groups in total. The molecular formula is C25H26ClN3O. The Morgan fingerprint density at radius 3 is 2.20 bits per heavy atom. The quantitative estimate of drug-likeness (QED) is 0.500. The number of rotatable bonds is 7. The summed E-state index contributed by atoms with van der Waals surface area (Å²) in [4.78, 5) is 2.45. The van der Waals surface area contributed by atoms with Crippen molar-refractivity contribution in [2.45, 2.75) is 13.2 Å². The third kappa shape index (κ3) is 6.09. The summed E-state index contributed by atoms with van der Waals surface area (Å²) in [5.74, 6) is 0.867. The largest absolute Gasteiger partial charge is 0.489 e. The zero-order chi connectivity index (χ0) is 20.6. The minimum atomic E-state index is 0.578. The first kappa shape index (κ1) is 20.5. The van der Waals surface area contributed by atoms with Gasteiger partial charge in [0.15, 0.2) is 0 Å².